The zero-order valence-corrected chi connectivity index (χ0v) is 17.9. The number of hydrogen-bond acceptors (Lipinski definition) is 4. The highest BCUT2D eigenvalue weighted by Crippen LogP contribution is 2.24. The maximum Gasteiger partial charge on any atom is 0.410 e. The molecule has 0 radical (unpaired) electrons. The largest absolute Gasteiger partial charge is 0.444 e. The second-order valence-electron chi connectivity index (χ2n) is 8.63. The lowest BCUT2D eigenvalue weighted by Crippen LogP contribution is -2.45. The highest BCUT2D eigenvalue weighted by atomic mass is 19.1. The predicted molar refractivity (Wildman–Crippen MR) is 110 cm³/mol. The zero-order chi connectivity index (χ0) is 21.9. The first-order chi connectivity index (χ1) is 14.1. The molecular formula is C22H29FN4O3. The third kappa shape index (κ3) is 5.37. The molecule has 30 heavy (non-hydrogen) atoms. The van der Waals surface area contributed by atoms with Crippen LogP contribution in [0.3, 0.4) is 0 Å². The van der Waals surface area contributed by atoms with E-state index in [9.17, 15) is 14.0 Å². The van der Waals surface area contributed by atoms with Crippen LogP contribution in [0.5, 0.6) is 0 Å². The molecule has 1 atom stereocenters. The number of piperidine rings is 1. The molecule has 0 aliphatic carbocycles. The summed E-state index contributed by atoms with van der Waals surface area (Å²) >= 11 is 0. The summed E-state index contributed by atoms with van der Waals surface area (Å²) in [6.07, 6.45) is 4.23. The van der Waals surface area contributed by atoms with E-state index in [4.69, 9.17) is 4.74 Å². The van der Waals surface area contributed by atoms with Crippen LogP contribution in [0.2, 0.25) is 0 Å². The first-order valence-electron chi connectivity index (χ1n) is 10.1. The molecule has 2 heterocycles. The number of aryl methyl sites for hydroxylation is 1. The van der Waals surface area contributed by atoms with E-state index in [0.717, 1.165) is 5.56 Å². The van der Waals surface area contributed by atoms with Crippen LogP contribution < -0.4 is 5.32 Å². The van der Waals surface area contributed by atoms with Gasteiger partial charge < -0.3 is 19.5 Å². The summed E-state index contributed by atoms with van der Waals surface area (Å²) in [5, 5.41) is 3.07. The Labute approximate surface area is 176 Å². The predicted octanol–water partition coefficient (Wildman–Crippen LogP) is 3.41. The third-order valence-corrected chi connectivity index (χ3v) is 5.12. The molecule has 2 amide bonds. The fourth-order valence-corrected chi connectivity index (χ4v) is 3.52. The van der Waals surface area contributed by atoms with Crippen LogP contribution in [0.1, 0.15) is 51.0 Å². The van der Waals surface area contributed by atoms with Gasteiger partial charge in [-0.25, -0.2) is 14.2 Å². The number of imidazole rings is 1. The van der Waals surface area contributed by atoms with Crippen molar-refractivity contribution in [1.82, 2.24) is 19.8 Å². The van der Waals surface area contributed by atoms with E-state index in [2.05, 4.69) is 10.3 Å². The summed E-state index contributed by atoms with van der Waals surface area (Å²) < 4.78 is 20.6. The van der Waals surface area contributed by atoms with Gasteiger partial charge in [0.25, 0.3) is 0 Å². The van der Waals surface area contributed by atoms with Crippen molar-refractivity contribution in [3.05, 3.63) is 53.9 Å². The number of ether oxygens (including phenoxy) is 1. The molecule has 1 saturated heterocycles. The molecule has 1 aliphatic rings. The first-order valence-corrected chi connectivity index (χ1v) is 10.1. The molecule has 8 heteroatoms. The van der Waals surface area contributed by atoms with Crippen LogP contribution in [0.25, 0.3) is 0 Å². The Bertz CT molecular complexity index is 881. The van der Waals surface area contributed by atoms with Crippen LogP contribution >= 0.6 is 0 Å². The maximum absolute atomic E-state index is 13.4. The van der Waals surface area contributed by atoms with Crippen molar-refractivity contribution in [2.45, 2.75) is 45.3 Å². The zero-order valence-electron chi connectivity index (χ0n) is 17.9. The number of likely N-dealkylation sites (tertiary alicyclic amines) is 1. The highest BCUT2D eigenvalue weighted by Gasteiger charge is 2.31. The van der Waals surface area contributed by atoms with Gasteiger partial charge in [-0.15, -0.1) is 0 Å². The molecular weight excluding hydrogens is 387 g/mol. The second-order valence-corrected chi connectivity index (χ2v) is 8.63. The number of halogens is 1. The van der Waals surface area contributed by atoms with E-state index < -0.39 is 11.6 Å². The molecule has 1 unspecified atom stereocenters. The number of carbonyl (C=O) groups is 2. The normalized spacial score (nSPS) is 16.2. The SMILES string of the molecule is Cn1ccnc1C(NC(=O)C1CCN(C(=O)OC(C)(C)C)CC1)c1ccc(F)cc1. The van der Waals surface area contributed by atoms with Gasteiger partial charge in [-0.05, 0) is 51.3 Å². The molecule has 7 nitrogen and oxygen atoms in total. The van der Waals surface area contributed by atoms with E-state index in [1.807, 2.05) is 32.4 Å². The average molecular weight is 416 g/mol. The summed E-state index contributed by atoms with van der Waals surface area (Å²) in [6, 6.07) is 5.56. The monoisotopic (exact) mass is 416 g/mol. The quantitative estimate of drug-likeness (QED) is 0.829. The van der Waals surface area contributed by atoms with Gasteiger partial charge >= 0.3 is 6.09 Å². The minimum Gasteiger partial charge on any atom is -0.444 e. The summed E-state index contributed by atoms with van der Waals surface area (Å²) in [7, 11) is 1.85. The molecule has 1 aliphatic heterocycles. The van der Waals surface area contributed by atoms with Crippen molar-refractivity contribution in [2.75, 3.05) is 13.1 Å². The van der Waals surface area contributed by atoms with E-state index in [1.54, 1.807) is 29.4 Å². The Kier molecular flexibility index (Phi) is 6.43. The number of benzene rings is 1. The molecule has 3 rings (SSSR count). The molecule has 2 aromatic rings. The van der Waals surface area contributed by atoms with Crippen molar-refractivity contribution in [2.24, 2.45) is 13.0 Å². The van der Waals surface area contributed by atoms with Gasteiger partial charge in [0.2, 0.25) is 5.91 Å². The van der Waals surface area contributed by atoms with Gasteiger partial charge in [0.15, 0.2) is 0 Å². The van der Waals surface area contributed by atoms with Crippen LogP contribution in [-0.2, 0) is 16.6 Å². The number of amides is 2. The molecule has 1 aromatic heterocycles. The lowest BCUT2D eigenvalue weighted by Gasteiger charge is -2.33. The lowest BCUT2D eigenvalue weighted by molar-refractivity contribution is -0.127. The number of aromatic nitrogens is 2. The van der Waals surface area contributed by atoms with Gasteiger partial charge in [0.05, 0.1) is 0 Å². The average Bonchev–Trinajstić information content (AvgIpc) is 3.11. The van der Waals surface area contributed by atoms with Crippen molar-refractivity contribution in [1.29, 1.82) is 0 Å². The highest BCUT2D eigenvalue weighted by molar-refractivity contribution is 5.80. The van der Waals surface area contributed by atoms with Crippen LogP contribution in [0, 0.1) is 11.7 Å². The van der Waals surface area contributed by atoms with Crippen molar-refractivity contribution < 1.29 is 18.7 Å². The Balaban J connectivity index is 1.66. The van der Waals surface area contributed by atoms with Crippen LogP contribution in [0.15, 0.2) is 36.7 Å². The molecule has 1 fully saturated rings. The van der Waals surface area contributed by atoms with E-state index in [-0.39, 0.29) is 23.7 Å². The minimum atomic E-state index is -0.546. The van der Waals surface area contributed by atoms with E-state index in [1.165, 1.54) is 12.1 Å². The third-order valence-electron chi connectivity index (χ3n) is 5.12. The van der Waals surface area contributed by atoms with E-state index >= 15 is 0 Å². The Morgan fingerprint density at radius 3 is 2.37 bits per heavy atom. The summed E-state index contributed by atoms with van der Waals surface area (Å²) in [5.41, 5.74) is 0.209. The van der Waals surface area contributed by atoms with E-state index in [0.29, 0.717) is 31.8 Å². The summed E-state index contributed by atoms with van der Waals surface area (Å²) in [6.45, 7) is 6.43. The van der Waals surface area contributed by atoms with Gasteiger partial charge in [-0.3, -0.25) is 4.79 Å². The number of carbonyl (C=O) groups excluding carboxylic acids is 2. The number of nitrogens with one attached hydrogen (secondary N) is 1. The fraction of sp³-hybridized carbons (Fsp3) is 0.500. The van der Waals surface area contributed by atoms with Gasteiger partial charge in [-0.1, -0.05) is 12.1 Å². The Hall–Kier alpha value is -2.90. The Morgan fingerprint density at radius 2 is 1.83 bits per heavy atom. The molecule has 1 N–H and O–H groups in total. The molecule has 0 saturated carbocycles. The molecule has 162 valence electrons. The maximum atomic E-state index is 13.4. The lowest BCUT2D eigenvalue weighted by atomic mass is 9.95. The summed E-state index contributed by atoms with van der Waals surface area (Å²) in [5.74, 6) is 0.0161. The number of hydrogen-bond donors (Lipinski definition) is 1. The van der Waals surface area contributed by atoms with Crippen LogP contribution in [0.4, 0.5) is 9.18 Å². The fourth-order valence-electron chi connectivity index (χ4n) is 3.52. The van der Waals surface area contributed by atoms with Crippen molar-refractivity contribution in [3.8, 4) is 0 Å². The topological polar surface area (TPSA) is 76.5 Å². The molecule has 1 aromatic carbocycles. The Morgan fingerprint density at radius 1 is 1.20 bits per heavy atom. The summed E-state index contributed by atoms with van der Waals surface area (Å²) in [4.78, 5) is 31.3. The number of nitrogens with zero attached hydrogens (tertiary/aromatic N) is 3. The minimum absolute atomic E-state index is 0.101. The number of rotatable bonds is 4. The van der Waals surface area contributed by atoms with Gasteiger partial charge in [-0.2, -0.15) is 0 Å². The van der Waals surface area contributed by atoms with Crippen LogP contribution in [-0.4, -0.2) is 45.1 Å². The van der Waals surface area contributed by atoms with Crippen molar-refractivity contribution >= 4 is 12.0 Å². The standard InChI is InChI=1S/C22H29FN4O3/c1-22(2,3)30-21(29)27-12-9-16(10-13-27)20(28)25-18(19-24-11-14-26(19)4)15-5-7-17(23)8-6-15/h5-8,11,14,16,18H,9-10,12-13H2,1-4H3,(H,25,28). The molecule has 0 bridgehead atoms. The first kappa shape index (κ1) is 21.8. The van der Waals surface area contributed by atoms with Gasteiger partial charge in [0, 0.05) is 38.4 Å². The second kappa shape index (κ2) is 8.85. The smallest absolute Gasteiger partial charge is 0.410 e. The van der Waals surface area contributed by atoms with Gasteiger partial charge in [0.1, 0.15) is 23.3 Å². The van der Waals surface area contributed by atoms with Crippen molar-refractivity contribution in [3.63, 3.8) is 0 Å². The molecule has 0 spiro atoms.